The van der Waals surface area contributed by atoms with Gasteiger partial charge in [0.05, 0.1) is 0 Å². The molecule has 5 nitrogen and oxygen atoms in total. The Bertz CT molecular complexity index is 905. The molecule has 0 saturated heterocycles. The molecule has 3 aromatic rings. The van der Waals surface area contributed by atoms with Gasteiger partial charge in [-0.25, -0.2) is 4.98 Å². The third kappa shape index (κ3) is 4.31. The van der Waals surface area contributed by atoms with Gasteiger partial charge in [-0.2, -0.15) is 4.98 Å². The van der Waals surface area contributed by atoms with Crippen molar-refractivity contribution in [2.24, 2.45) is 0 Å². The van der Waals surface area contributed by atoms with E-state index in [1.807, 2.05) is 75.4 Å². The number of benzene rings is 2. The van der Waals surface area contributed by atoms with Crippen molar-refractivity contribution in [1.82, 2.24) is 14.9 Å². The standard InChI is InChI=1S/C22H23N3O2/c1-4-25(5-2)22(26)19-15-23-20(17-9-7-6-8-10-17)24-21(19)27-18-13-11-16(3)12-14-18/h6-15H,4-5H2,1-3H3. The molecule has 0 unspecified atom stereocenters. The summed E-state index contributed by atoms with van der Waals surface area (Å²) in [6.07, 6.45) is 1.56. The maximum atomic E-state index is 12.9. The Morgan fingerprint density at radius 3 is 2.30 bits per heavy atom. The van der Waals surface area contributed by atoms with E-state index in [0.29, 0.717) is 30.2 Å². The number of rotatable bonds is 6. The van der Waals surface area contributed by atoms with Crippen LogP contribution in [-0.2, 0) is 0 Å². The van der Waals surface area contributed by atoms with Crippen molar-refractivity contribution in [2.45, 2.75) is 20.8 Å². The van der Waals surface area contributed by atoms with Gasteiger partial charge < -0.3 is 9.64 Å². The first kappa shape index (κ1) is 18.6. The Hall–Kier alpha value is -3.21. The van der Waals surface area contributed by atoms with Gasteiger partial charge in [-0.05, 0) is 32.9 Å². The van der Waals surface area contributed by atoms with Crippen LogP contribution in [-0.4, -0.2) is 33.9 Å². The van der Waals surface area contributed by atoms with E-state index < -0.39 is 0 Å². The van der Waals surface area contributed by atoms with Gasteiger partial charge >= 0.3 is 0 Å². The third-order valence-corrected chi connectivity index (χ3v) is 4.30. The van der Waals surface area contributed by atoms with E-state index >= 15 is 0 Å². The summed E-state index contributed by atoms with van der Waals surface area (Å²) in [6.45, 7) is 7.12. The van der Waals surface area contributed by atoms with Gasteiger partial charge in [0.25, 0.3) is 5.91 Å². The van der Waals surface area contributed by atoms with Crippen molar-refractivity contribution in [3.05, 3.63) is 71.9 Å². The minimum Gasteiger partial charge on any atom is -0.438 e. The quantitative estimate of drug-likeness (QED) is 0.637. The maximum Gasteiger partial charge on any atom is 0.260 e. The Kier molecular flexibility index (Phi) is 5.81. The number of hydrogen-bond donors (Lipinski definition) is 0. The van der Waals surface area contributed by atoms with Gasteiger partial charge in [-0.3, -0.25) is 4.79 Å². The molecule has 5 heteroatoms. The normalized spacial score (nSPS) is 10.5. The SMILES string of the molecule is CCN(CC)C(=O)c1cnc(-c2ccccc2)nc1Oc1ccc(C)cc1. The molecule has 0 aliphatic rings. The van der Waals surface area contributed by atoms with Crippen LogP contribution in [0, 0.1) is 6.92 Å². The highest BCUT2D eigenvalue weighted by atomic mass is 16.5. The van der Waals surface area contributed by atoms with Crippen LogP contribution >= 0.6 is 0 Å². The smallest absolute Gasteiger partial charge is 0.260 e. The van der Waals surface area contributed by atoms with Crippen LogP contribution in [0.1, 0.15) is 29.8 Å². The highest BCUT2D eigenvalue weighted by Gasteiger charge is 2.21. The molecule has 3 rings (SSSR count). The predicted octanol–water partition coefficient (Wildman–Crippen LogP) is 4.73. The minimum atomic E-state index is -0.137. The molecule has 0 fully saturated rings. The average molecular weight is 361 g/mol. The van der Waals surface area contributed by atoms with E-state index in [9.17, 15) is 4.79 Å². The van der Waals surface area contributed by atoms with Gasteiger partial charge in [0.15, 0.2) is 5.82 Å². The van der Waals surface area contributed by atoms with Gasteiger partial charge in [-0.1, -0.05) is 48.0 Å². The zero-order valence-electron chi connectivity index (χ0n) is 15.8. The van der Waals surface area contributed by atoms with Crippen LogP contribution in [0.2, 0.25) is 0 Å². The lowest BCUT2D eigenvalue weighted by Gasteiger charge is -2.20. The predicted molar refractivity (Wildman–Crippen MR) is 106 cm³/mol. The summed E-state index contributed by atoms with van der Waals surface area (Å²) in [6, 6.07) is 17.3. The molecule has 0 saturated carbocycles. The second-order valence-corrected chi connectivity index (χ2v) is 6.17. The van der Waals surface area contributed by atoms with Crippen molar-refractivity contribution in [1.29, 1.82) is 0 Å². The van der Waals surface area contributed by atoms with E-state index in [4.69, 9.17) is 4.74 Å². The first-order valence-electron chi connectivity index (χ1n) is 9.08. The van der Waals surface area contributed by atoms with Crippen molar-refractivity contribution in [3.63, 3.8) is 0 Å². The highest BCUT2D eigenvalue weighted by molar-refractivity contribution is 5.96. The van der Waals surface area contributed by atoms with Crippen LogP contribution in [0.4, 0.5) is 0 Å². The number of aromatic nitrogens is 2. The summed E-state index contributed by atoms with van der Waals surface area (Å²) in [5.41, 5.74) is 2.36. The van der Waals surface area contributed by atoms with Crippen LogP contribution in [0.15, 0.2) is 60.8 Å². The first-order valence-corrected chi connectivity index (χ1v) is 9.08. The largest absolute Gasteiger partial charge is 0.438 e. The average Bonchev–Trinajstić information content (AvgIpc) is 2.71. The number of ether oxygens (including phenoxy) is 1. The Labute approximate surface area is 159 Å². The molecule has 0 N–H and O–H groups in total. The first-order chi connectivity index (χ1) is 13.1. The fraction of sp³-hybridized carbons (Fsp3) is 0.227. The zero-order chi connectivity index (χ0) is 19.2. The summed E-state index contributed by atoms with van der Waals surface area (Å²) in [7, 11) is 0. The zero-order valence-corrected chi connectivity index (χ0v) is 15.8. The number of nitrogens with zero attached hydrogens (tertiary/aromatic N) is 3. The molecule has 0 atom stereocenters. The lowest BCUT2D eigenvalue weighted by molar-refractivity contribution is 0.0769. The van der Waals surface area contributed by atoms with E-state index in [0.717, 1.165) is 11.1 Å². The van der Waals surface area contributed by atoms with Gasteiger partial charge in [0.2, 0.25) is 5.88 Å². The van der Waals surface area contributed by atoms with Crippen LogP contribution in [0.5, 0.6) is 11.6 Å². The number of aryl methyl sites for hydroxylation is 1. The van der Waals surface area contributed by atoms with Crippen LogP contribution < -0.4 is 4.74 Å². The molecule has 0 aliphatic heterocycles. The third-order valence-electron chi connectivity index (χ3n) is 4.30. The fourth-order valence-corrected chi connectivity index (χ4v) is 2.72. The summed E-state index contributed by atoms with van der Waals surface area (Å²) in [5.74, 6) is 1.28. The van der Waals surface area contributed by atoms with E-state index in [1.54, 1.807) is 11.1 Å². The van der Waals surface area contributed by atoms with Gasteiger partial charge in [-0.15, -0.1) is 0 Å². The Morgan fingerprint density at radius 1 is 1.00 bits per heavy atom. The Morgan fingerprint density at radius 2 is 1.67 bits per heavy atom. The molecular formula is C22H23N3O2. The molecule has 27 heavy (non-hydrogen) atoms. The van der Waals surface area contributed by atoms with Crippen molar-refractivity contribution in [3.8, 4) is 23.0 Å². The topological polar surface area (TPSA) is 55.3 Å². The minimum absolute atomic E-state index is 0.137. The molecule has 0 spiro atoms. The maximum absolute atomic E-state index is 12.9. The van der Waals surface area contributed by atoms with E-state index in [2.05, 4.69) is 9.97 Å². The molecule has 138 valence electrons. The second kappa shape index (κ2) is 8.45. The van der Waals surface area contributed by atoms with Gasteiger partial charge in [0, 0.05) is 24.8 Å². The second-order valence-electron chi connectivity index (χ2n) is 6.17. The van der Waals surface area contributed by atoms with E-state index in [-0.39, 0.29) is 11.8 Å². The summed E-state index contributed by atoms with van der Waals surface area (Å²) >= 11 is 0. The number of carbonyl (C=O) groups excluding carboxylic acids is 1. The summed E-state index contributed by atoms with van der Waals surface area (Å²) in [4.78, 5) is 23.6. The number of amides is 1. The fourth-order valence-electron chi connectivity index (χ4n) is 2.72. The van der Waals surface area contributed by atoms with Gasteiger partial charge in [0.1, 0.15) is 11.3 Å². The molecular weight excluding hydrogens is 338 g/mol. The Balaban J connectivity index is 2.04. The molecule has 0 radical (unpaired) electrons. The van der Waals surface area contributed by atoms with Crippen molar-refractivity contribution < 1.29 is 9.53 Å². The van der Waals surface area contributed by atoms with Crippen molar-refractivity contribution in [2.75, 3.05) is 13.1 Å². The lowest BCUT2D eigenvalue weighted by Crippen LogP contribution is -2.31. The summed E-state index contributed by atoms with van der Waals surface area (Å²) < 4.78 is 5.99. The number of hydrogen-bond acceptors (Lipinski definition) is 4. The molecule has 1 aromatic heterocycles. The summed E-state index contributed by atoms with van der Waals surface area (Å²) in [5, 5.41) is 0. The van der Waals surface area contributed by atoms with Crippen LogP contribution in [0.25, 0.3) is 11.4 Å². The van der Waals surface area contributed by atoms with E-state index in [1.165, 1.54) is 0 Å². The molecule has 1 heterocycles. The molecule has 2 aromatic carbocycles. The van der Waals surface area contributed by atoms with Crippen molar-refractivity contribution >= 4 is 5.91 Å². The molecule has 0 aliphatic carbocycles. The highest BCUT2D eigenvalue weighted by Crippen LogP contribution is 2.27. The molecule has 1 amide bonds. The van der Waals surface area contributed by atoms with Crippen LogP contribution in [0.3, 0.4) is 0 Å². The molecule has 0 bridgehead atoms. The number of carbonyl (C=O) groups is 1. The monoisotopic (exact) mass is 361 g/mol. The lowest BCUT2D eigenvalue weighted by atomic mass is 10.2.